The molecule has 2 aliphatic heterocycles. The van der Waals surface area contributed by atoms with E-state index in [1.807, 2.05) is 30.3 Å². The van der Waals surface area contributed by atoms with Gasteiger partial charge < -0.3 is 10.1 Å². The van der Waals surface area contributed by atoms with E-state index < -0.39 is 12.0 Å². The second-order valence-corrected chi connectivity index (χ2v) is 6.37. The van der Waals surface area contributed by atoms with Gasteiger partial charge in [0.1, 0.15) is 17.1 Å². The summed E-state index contributed by atoms with van der Waals surface area (Å²) in [6.07, 6.45) is 1.90. The van der Waals surface area contributed by atoms with Gasteiger partial charge in [-0.3, -0.25) is 14.5 Å². The van der Waals surface area contributed by atoms with Crippen LogP contribution in [0.4, 0.5) is 0 Å². The first-order chi connectivity index (χ1) is 11.1. The number of nitrogens with zero attached hydrogens (tertiary/aromatic N) is 1. The zero-order valence-corrected chi connectivity index (χ0v) is 13.3. The van der Waals surface area contributed by atoms with Crippen molar-refractivity contribution in [2.45, 2.75) is 17.8 Å². The third-order valence-corrected chi connectivity index (χ3v) is 4.95. The second kappa shape index (κ2) is 6.45. The minimum absolute atomic E-state index is 0.205. The fourth-order valence-electron chi connectivity index (χ4n) is 2.64. The zero-order chi connectivity index (χ0) is 16.4. The molecule has 1 aromatic carbocycles. The maximum absolute atomic E-state index is 12.3. The molecule has 0 bridgehead atoms. The Morgan fingerprint density at radius 3 is 2.78 bits per heavy atom. The van der Waals surface area contributed by atoms with E-state index in [0.717, 1.165) is 5.56 Å². The number of carbonyl (C=O) groups excluding carboxylic acids is 3. The van der Waals surface area contributed by atoms with Crippen LogP contribution in [-0.2, 0) is 25.5 Å². The molecule has 1 saturated heterocycles. The Balaban J connectivity index is 1.63. The number of thioether (sulfide) groups is 1. The minimum Gasteiger partial charge on any atom is -0.464 e. The first-order valence-electron chi connectivity index (χ1n) is 7.18. The first-order valence-corrected chi connectivity index (χ1v) is 8.23. The van der Waals surface area contributed by atoms with Crippen LogP contribution >= 0.6 is 11.8 Å². The van der Waals surface area contributed by atoms with Crippen LogP contribution in [-0.4, -0.2) is 47.0 Å². The van der Waals surface area contributed by atoms with Gasteiger partial charge in [-0.25, -0.2) is 4.79 Å². The van der Waals surface area contributed by atoms with Crippen LogP contribution in [0.2, 0.25) is 0 Å². The third-order valence-electron chi connectivity index (χ3n) is 3.76. The van der Waals surface area contributed by atoms with Crippen LogP contribution in [0.5, 0.6) is 0 Å². The lowest BCUT2D eigenvalue weighted by atomic mass is 10.0. The van der Waals surface area contributed by atoms with E-state index in [2.05, 4.69) is 10.1 Å². The number of hydrogen-bond donors (Lipinski definition) is 1. The van der Waals surface area contributed by atoms with E-state index in [-0.39, 0.29) is 29.3 Å². The van der Waals surface area contributed by atoms with Crippen molar-refractivity contribution in [3.63, 3.8) is 0 Å². The predicted octanol–water partition coefficient (Wildman–Crippen LogP) is 0.686. The van der Waals surface area contributed by atoms with Gasteiger partial charge >= 0.3 is 5.97 Å². The van der Waals surface area contributed by atoms with Crippen molar-refractivity contribution in [3.05, 3.63) is 47.7 Å². The molecule has 6 nitrogen and oxygen atoms in total. The number of amides is 2. The minimum atomic E-state index is -0.593. The van der Waals surface area contributed by atoms with Crippen molar-refractivity contribution < 1.29 is 19.1 Å². The van der Waals surface area contributed by atoms with Crippen molar-refractivity contribution in [2.75, 3.05) is 12.9 Å². The molecule has 23 heavy (non-hydrogen) atoms. The molecule has 0 spiro atoms. The van der Waals surface area contributed by atoms with Gasteiger partial charge in [0.15, 0.2) is 0 Å². The predicted molar refractivity (Wildman–Crippen MR) is 85.3 cm³/mol. The Morgan fingerprint density at radius 2 is 2.09 bits per heavy atom. The van der Waals surface area contributed by atoms with Crippen molar-refractivity contribution in [2.24, 2.45) is 0 Å². The average Bonchev–Trinajstić information content (AvgIpc) is 2.59. The summed E-state index contributed by atoms with van der Waals surface area (Å²) in [5.74, 6) is -0.411. The molecule has 0 aliphatic carbocycles. The van der Waals surface area contributed by atoms with E-state index in [1.165, 1.54) is 23.8 Å². The molecule has 0 radical (unpaired) electrons. The quantitative estimate of drug-likeness (QED) is 0.648. The lowest BCUT2D eigenvalue weighted by Gasteiger charge is -2.48. The summed E-state index contributed by atoms with van der Waals surface area (Å²) in [5, 5.41) is 2.51. The highest BCUT2D eigenvalue weighted by atomic mass is 32.2. The van der Waals surface area contributed by atoms with E-state index in [1.54, 1.807) is 6.08 Å². The van der Waals surface area contributed by atoms with E-state index in [4.69, 9.17) is 0 Å². The van der Waals surface area contributed by atoms with Gasteiger partial charge in [0, 0.05) is 5.75 Å². The number of esters is 1. The van der Waals surface area contributed by atoms with Crippen LogP contribution in [0.1, 0.15) is 5.56 Å². The smallest absolute Gasteiger partial charge is 0.354 e. The molecular formula is C16H16N2O4S. The summed E-state index contributed by atoms with van der Waals surface area (Å²) < 4.78 is 4.69. The molecule has 2 aliphatic rings. The van der Waals surface area contributed by atoms with Crippen molar-refractivity contribution in [1.82, 2.24) is 10.2 Å². The zero-order valence-electron chi connectivity index (χ0n) is 12.5. The normalized spacial score (nSPS) is 22.6. The maximum Gasteiger partial charge on any atom is 0.354 e. The number of nitrogens with one attached hydrogen (secondary N) is 1. The number of β-lactam (4-membered cyclic amide) rings is 1. The lowest BCUT2D eigenvalue weighted by Crippen LogP contribution is -2.70. The van der Waals surface area contributed by atoms with Gasteiger partial charge in [-0.05, 0) is 11.6 Å². The Kier molecular flexibility index (Phi) is 4.38. The number of methoxy groups -OCH3 is 1. The Bertz CT molecular complexity index is 674. The molecule has 2 atom stereocenters. The summed E-state index contributed by atoms with van der Waals surface area (Å²) >= 11 is 1.51. The standard InChI is InChI=1S/C16H16N2O4S/c1-22-16(21)11-7-8-23-15-13(14(20)18(11)15)17-12(19)9-10-5-3-2-4-6-10/h2-7,13,15H,8-9H2,1H3,(H,17,19)/t13-,15-/m1/s1. The number of rotatable bonds is 4. The summed E-state index contributed by atoms with van der Waals surface area (Å²) in [4.78, 5) is 37.5. The Labute approximate surface area is 137 Å². The summed E-state index contributed by atoms with van der Waals surface area (Å²) in [5.41, 5.74) is 1.15. The number of carbonyl (C=O) groups is 3. The van der Waals surface area contributed by atoms with Gasteiger partial charge in [0.05, 0.1) is 13.5 Å². The highest BCUT2D eigenvalue weighted by Gasteiger charge is 2.52. The van der Waals surface area contributed by atoms with Gasteiger partial charge in [-0.2, -0.15) is 0 Å². The van der Waals surface area contributed by atoms with Crippen molar-refractivity contribution in [3.8, 4) is 0 Å². The molecule has 2 amide bonds. The number of fused-ring (bicyclic) bond motifs is 1. The fraction of sp³-hybridized carbons (Fsp3) is 0.312. The molecule has 3 rings (SSSR count). The topological polar surface area (TPSA) is 75.7 Å². The van der Waals surface area contributed by atoms with E-state index in [9.17, 15) is 14.4 Å². The van der Waals surface area contributed by atoms with E-state index >= 15 is 0 Å². The van der Waals surface area contributed by atoms with Gasteiger partial charge in [0.25, 0.3) is 5.91 Å². The van der Waals surface area contributed by atoms with Gasteiger partial charge in [-0.15, -0.1) is 11.8 Å². The van der Waals surface area contributed by atoms with Crippen molar-refractivity contribution >= 4 is 29.5 Å². The number of hydrogen-bond acceptors (Lipinski definition) is 5. The largest absolute Gasteiger partial charge is 0.464 e. The van der Waals surface area contributed by atoms with Crippen LogP contribution in [0.15, 0.2) is 42.1 Å². The molecule has 1 aromatic rings. The molecule has 1 fully saturated rings. The average molecular weight is 332 g/mol. The lowest BCUT2D eigenvalue weighted by molar-refractivity contribution is -0.151. The Hall–Kier alpha value is -2.28. The maximum atomic E-state index is 12.3. The first kappa shape index (κ1) is 15.6. The fourth-order valence-corrected chi connectivity index (χ4v) is 3.83. The molecule has 7 heteroatoms. The molecule has 0 unspecified atom stereocenters. The Morgan fingerprint density at radius 1 is 1.35 bits per heavy atom. The number of ether oxygens (including phenoxy) is 1. The molecule has 120 valence electrons. The molecule has 0 aromatic heterocycles. The van der Waals surface area contributed by atoms with Crippen LogP contribution in [0.3, 0.4) is 0 Å². The SMILES string of the molecule is COC(=O)C1=CCS[C@@H]2[C@H](NC(=O)Cc3ccccc3)C(=O)N12. The van der Waals surface area contributed by atoms with Crippen molar-refractivity contribution in [1.29, 1.82) is 0 Å². The summed E-state index contributed by atoms with van der Waals surface area (Å²) in [7, 11) is 1.28. The molecule has 1 N–H and O–H groups in total. The molecule has 0 saturated carbocycles. The highest BCUT2D eigenvalue weighted by Crippen LogP contribution is 2.37. The summed E-state index contributed by atoms with van der Waals surface area (Å²) in [6, 6.07) is 8.74. The number of benzene rings is 1. The second-order valence-electron chi connectivity index (χ2n) is 5.22. The van der Waals surface area contributed by atoms with E-state index in [0.29, 0.717) is 5.75 Å². The monoisotopic (exact) mass is 332 g/mol. The third kappa shape index (κ3) is 2.96. The van der Waals surface area contributed by atoms with Crippen LogP contribution < -0.4 is 5.32 Å². The van der Waals surface area contributed by atoms with Crippen LogP contribution in [0.25, 0.3) is 0 Å². The molecular weight excluding hydrogens is 316 g/mol. The van der Waals surface area contributed by atoms with Gasteiger partial charge in [-0.1, -0.05) is 30.3 Å². The van der Waals surface area contributed by atoms with Crippen LogP contribution in [0, 0.1) is 0 Å². The summed E-state index contributed by atoms with van der Waals surface area (Å²) in [6.45, 7) is 0. The molecule has 2 heterocycles. The van der Waals surface area contributed by atoms with Gasteiger partial charge in [0.2, 0.25) is 5.91 Å². The highest BCUT2D eigenvalue weighted by molar-refractivity contribution is 8.00.